The largest absolute Gasteiger partial charge is 0.326 e. The van der Waals surface area contributed by atoms with Gasteiger partial charge < -0.3 is 10.6 Å². The lowest BCUT2D eigenvalue weighted by atomic mass is 10.1. The number of rotatable bonds is 7. The second kappa shape index (κ2) is 7.17. The van der Waals surface area contributed by atoms with Crippen molar-refractivity contribution in [2.24, 2.45) is 5.73 Å². The van der Waals surface area contributed by atoms with Gasteiger partial charge in [0, 0.05) is 25.7 Å². The van der Waals surface area contributed by atoms with Crippen LogP contribution in [0.1, 0.15) is 25.0 Å². The maximum atomic E-state index is 12.2. The third-order valence-corrected chi connectivity index (χ3v) is 4.94. The molecule has 0 saturated carbocycles. The van der Waals surface area contributed by atoms with Gasteiger partial charge in [0.15, 0.2) is 0 Å². The smallest absolute Gasteiger partial charge is 0.240 e. The van der Waals surface area contributed by atoms with Gasteiger partial charge in [-0.2, -0.15) is 0 Å². The van der Waals surface area contributed by atoms with Crippen molar-refractivity contribution in [1.29, 1.82) is 0 Å². The molecule has 0 aliphatic rings. The number of hydrogen-bond donors (Lipinski definition) is 2. The number of nitrogens with one attached hydrogen (secondary N) is 1. The van der Waals surface area contributed by atoms with Crippen molar-refractivity contribution in [1.82, 2.24) is 9.62 Å². The molecule has 1 aromatic rings. The summed E-state index contributed by atoms with van der Waals surface area (Å²) in [6.45, 7) is 7.50. The molecule has 0 aliphatic heterocycles. The third-order valence-electron chi connectivity index (χ3n) is 3.48. The highest BCUT2D eigenvalue weighted by Crippen LogP contribution is 2.14. The third kappa shape index (κ3) is 4.56. The van der Waals surface area contributed by atoms with Gasteiger partial charge in [-0.15, -0.1) is 0 Å². The van der Waals surface area contributed by atoms with Crippen LogP contribution in [0.5, 0.6) is 0 Å². The van der Waals surface area contributed by atoms with E-state index in [-0.39, 0.29) is 0 Å². The van der Waals surface area contributed by atoms with Crippen LogP contribution >= 0.6 is 0 Å². The van der Waals surface area contributed by atoms with E-state index in [0.29, 0.717) is 30.6 Å². The number of hydrogen-bond acceptors (Lipinski definition) is 4. The second-order valence-corrected chi connectivity index (χ2v) is 7.03. The number of nitrogens with two attached hydrogens (primary N) is 1. The van der Waals surface area contributed by atoms with Gasteiger partial charge in [0.25, 0.3) is 0 Å². The summed E-state index contributed by atoms with van der Waals surface area (Å²) in [5.41, 5.74) is 7.44. The summed E-state index contributed by atoms with van der Waals surface area (Å²) in [5.74, 6) is 0. The minimum absolute atomic E-state index is 0.291. The zero-order chi connectivity index (χ0) is 15.3. The standard InChI is InChI=1S/C14H25N3O2S/c1-11(2)17(4)8-7-16-20(18,19)14-6-5-13(10-15)12(3)9-14/h5-6,9,11,16H,7-8,10,15H2,1-4H3. The molecular formula is C14H25N3O2S. The maximum absolute atomic E-state index is 12.2. The van der Waals surface area contributed by atoms with Gasteiger partial charge in [0.2, 0.25) is 10.0 Å². The fourth-order valence-electron chi connectivity index (χ4n) is 1.76. The van der Waals surface area contributed by atoms with Crippen molar-refractivity contribution in [3.8, 4) is 0 Å². The molecule has 3 N–H and O–H groups in total. The van der Waals surface area contributed by atoms with E-state index in [4.69, 9.17) is 5.73 Å². The first-order chi connectivity index (χ1) is 9.27. The Bertz CT molecular complexity index is 541. The first-order valence-corrected chi connectivity index (χ1v) is 8.25. The second-order valence-electron chi connectivity index (χ2n) is 5.26. The molecule has 0 unspecified atom stereocenters. The lowest BCUT2D eigenvalue weighted by molar-refractivity contribution is 0.278. The SMILES string of the molecule is Cc1cc(S(=O)(=O)NCCN(C)C(C)C)ccc1CN. The summed E-state index contributed by atoms with van der Waals surface area (Å²) in [4.78, 5) is 2.38. The van der Waals surface area contributed by atoms with E-state index in [2.05, 4.69) is 23.5 Å². The van der Waals surface area contributed by atoms with E-state index < -0.39 is 10.0 Å². The molecule has 0 saturated heterocycles. The lowest BCUT2D eigenvalue weighted by Crippen LogP contribution is -2.36. The van der Waals surface area contributed by atoms with E-state index in [0.717, 1.165) is 11.1 Å². The van der Waals surface area contributed by atoms with Crippen LogP contribution in [0.15, 0.2) is 23.1 Å². The molecule has 0 radical (unpaired) electrons. The number of aryl methyl sites for hydroxylation is 1. The summed E-state index contributed by atoms with van der Waals surface area (Å²) in [6.07, 6.45) is 0. The number of benzene rings is 1. The summed E-state index contributed by atoms with van der Waals surface area (Å²) in [7, 11) is -1.48. The molecule has 0 fully saturated rings. The highest BCUT2D eigenvalue weighted by atomic mass is 32.2. The van der Waals surface area contributed by atoms with Gasteiger partial charge >= 0.3 is 0 Å². The quantitative estimate of drug-likeness (QED) is 0.790. The predicted molar refractivity (Wildman–Crippen MR) is 82.0 cm³/mol. The molecule has 6 heteroatoms. The van der Waals surface area contributed by atoms with Crippen LogP contribution < -0.4 is 10.5 Å². The molecule has 5 nitrogen and oxygen atoms in total. The van der Waals surface area contributed by atoms with Crippen LogP contribution in [0.2, 0.25) is 0 Å². The van der Waals surface area contributed by atoms with Crippen molar-refractivity contribution in [2.45, 2.75) is 38.3 Å². The molecule has 20 heavy (non-hydrogen) atoms. The number of likely N-dealkylation sites (N-methyl/N-ethyl adjacent to an activating group) is 1. The van der Waals surface area contributed by atoms with E-state index >= 15 is 0 Å². The van der Waals surface area contributed by atoms with Crippen molar-refractivity contribution in [3.05, 3.63) is 29.3 Å². The Morgan fingerprint density at radius 3 is 2.50 bits per heavy atom. The minimum Gasteiger partial charge on any atom is -0.326 e. The van der Waals surface area contributed by atoms with E-state index in [1.807, 2.05) is 14.0 Å². The Morgan fingerprint density at radius 2 is 2.00 bits per heavy atom. The van der Waals surface area contributed by atoms with Gasteiger partial charge in [-0.3, -0.25) is 0 Å². The van der Waals surface area contributed by atoms with E-state index in [1.165, 1.54) is 0 Å². The van der Waals surface area contributed by atoms with Gasteiger partial charge in [-0.25, -0.2) is 13.1 Å². The van der Waals surface area contributed by atoms with Crippen molar-refractivity contribution >= 4 is 10.0 Å². The molecular weight excluding hydrogens is 274 g/mol. The monoisotopic (exact) mass is 299 g/mol. The molecule has 0 amide bonds. The summed E-state index contributed by atoms with van der Waals surface area (Å²) < 4.78 is 27.0. The highest BCUT2D eigenvalue weighted by molar-refractivity contribution is 7.89. The average molecular weight is 299 g/mol. The van der Waals surface area contributed by atoms with Crippen LogP contribution in [0.4, 0.5) is 0 Å². The molecule has 0 aromatic heterocycles. The predicted octanol–water partition coefficient (Wildman–Crippen LogP) is 1.07. The molecule has 0 atom stereocenters. The number of sulfonamides is 1. The van der Waals surface area contributed by atoms with Crippen LogP contribution in [0, 0.1) is 6.92 Å². The highest BCUT2D eigenvalue weighted by Gasteiger charge is 2.15. The molecule has 1 aromatic carbocycles. The minimum atomic E-state index is -3.45. The zero-order valence-corrected chi connectivity index (χ0v) is 13.5. The van der Waals surface area contributed by atoms with Gasteiger partial charge in [-0.05, 0) is 51.1 Å². The topological polar surface area (TPSA) is 75.4 Å². The Morgan fingerprint density at radius 1 is 1.35 bits per heavy atom. The van der Waals surface area contributed by atoms with Crippen LogP contribution in [-0.4, -0.2) is 39.5 Å². The molecule has 1 rings (SSSR count). The Hall–Kier alpha value is -0.950. The molecule has 0 bridgehead atoms. The fourth-order valence-corrected chi connectivity index (χ4v) is 2.87. The van der Waals surface area contributed by atoms with Crippen molar-refractivity contribution < 1.29 is 8.42 Å². The average Bonchev–Trinajstić information content (AvgIpc) is 2.38. The van der Waals surface area contributed by atoms with Crippen molar-refractivity contribution in [3.63, 3.8) is 0 Å². The molecule has 0 heterocycles. The Balaban J connectivity index is 2.72. The normalized spacial score (nSPS) is 12.3. The van der Waals surface area contributed by atoms with Crippen LogP contribution in [-0.2, 0) is 16.6 Å². The Kier molecular flexibility index (Phi) is 6.13. The van der Waals surface area contributed by atoms with Crippen LogP contribution in [0.3, 0.4) is 0 Å². The van der Waals surface area contributed by atoms with Gasteiger partial charge in [0.05, 0.1) is 4.90 Å². The molecule has 0 spiro atoms. The van der Waals surface area contributed by atoms with E-state index in [9.17, 15) is 8.42 Å². The Labute approximate surface area is 122 Å². The van der Waals surface area contributed by atoms with Gasteiger partial charge in [-0.1, -0.05) is 6.07 Å². The maximum Gasteiger partial charge on any atom is 0.240 e. The first-order valence-electron chi connectivity index (χ1n) is 6.77. The number of nitrogens with zero attached hydrogens (tertiary/aromatic N) is 1. The summed E-state index contributed by atoms with van der Waals surface area (Å²) >= 11 is 0. The zero-order valence-electron chi connectivity index (χ0n) is 12.7. The fraction of sp³-hybridized carbons (Fsp3) is 0.571. The summed E-state index contributed by atoms with van der Waals surface area (Å²) in [6, 6.07) is 5.43. The van der Waals surface area contributed by atoms with Crippen LogP contribution in [0.25, 0.3) is 0 Å². The van der Waals surface area contributed by atoms with E-state index in [1.54, 1.807) is 18.2 Å². The van der Waals surface area contributed by atoms with Gasteiger partial charge in [0.1, 0.15) is 0 Å². The molecule has 0 aliphatic carbocycles. The summed E-state index contributed by atoms with van der Waals surface area (Å²) in [5, 5.41) is 0. The first kappa shape index (κ1) is 17.1. The lowest BCUT2D eigenvalue weighted by Gasteiger charge is -2.20. The molecule has 114 valence electrons. The van der Waals surface area contributed by atoms with Crippen molar-refractivity contribution in [2.75, 3.05) is 20.1 Å².